The maximum atomic E-state index is 14.5. The van der Waals surface area contributed by atoms with Crippen molar-refractivity contribution in [1.29, 1.82) is 0 Å². The molecule has 3 aromatic carbocycles. The minimum atomic E-state index is -4.66. The first kappa shape index (κ1) is 44.9. The van der Waals surface area contributed by atoms with Crippen molar-refractivity contribution < 1.29 is 32.3 Å². The summed E-state index contributed by atoms with van der Waals surface area (Å²) in [5.41, 5.74) is 5.67. The Morgan fingerprint density at radius 3 is 2.57 bits per heavy atom. The molecular weight excluding hydrogens is 873 g/mol. The van der Waals surface area contributed by atoms with Gasteiger partial charge >= 0.3 is 0 Å². The highest BCUT2D eigenvalue weighted by atomic mass is 32.2. The van der Waals surface area contributed by atoms with Gasteiger partial charge in [-0.2, -0.15) is 4.98 Å². The predicted molar refractivity (Wildman–Crippen MR) is 258 cm³/mol. The van der Waals surface area contributed by atoms with Gasteiger partial charge < -0.3 is 34.3 Å². The number of hydrogen-bond acceptors (Lipinski definition) is 13. The Hall–Kier alpha value is -5.91. The van der Waals surface area contributed by atoms with Crippen LogP contribution in [0.2, 0.25) is 0 Å². The van der Waals surface area contributed by atoms with Gasteiger partial charge in [0.1, 0.15) is 17.9 Å². The van der Waals surface area contributed by atoms with Crippen LogP contribution >= 0.6 is 0 Å². The van der Waals surface area contributed by atoms with Gasteiger partial charge in [0.05, 0.1) is 46.4 Å². The van der Waals surface area contributed by atoms with Gasteiger partial charge in [-0.3, -0.25) is 19.8 Å². The first-order chi connectivity index (χ1) is 32.3. The molecule has 1 amide bonds. The molecule has 4 aliphatic heterocycles. The Balaban J connectivity index is 0.911. The maximum Gasteiger partial charge on any atom is 0.297 e. The van der Waals surface area contributed by atoms with Crippen molar-refractivity contribution in [1.82, 2.24) is 19.6 Å². The number of benzene rings is 3. The Labute approximate surface area is 391 Å². The molecule has 3 fully saturated rings. The molecule has 10 rings (SSSR count). The summed E-state index contributed by atoms with van der Waals surface area (Å²) in [6.07, 6.45) is 9.33. The van der Waals surface area contributed by atoms with Crippen LogP contribution in [0, 0.1) is 15.5 Å². The summed E-state index contributed by atoms with van der Waals surface area (Å²) < 4.78 is 48.1. The number of fused-ring (bicyclic) bond motifs is 3. The number of pyridine rings is 1. The number of anilines is 4. The number of rotatable bonds is 12. The highest BCUT2D eigenvalue weighted by Gasteiger charge is 2.50. The minimum absolute atomic E-state index is 0.00834. The topological polar surface area (TPSA) is 184 Å². The summed E-state index contributed by atoms with van der Waals surface area (Å²) >= 11 is 0. The maximum absolute atomic E-state index is 14.5. The summed E-state index contributed by atoms with van der Waals surface area (Å²) in [6.45, 7) is 12.4. The molecule has 354 valence electrons. The number of H-pyrrole nitrogens is 1. The molecule has 3 N–H and O–H groups in total. The molecule has 0 radical (unpaired) electrons. The second-order valence-electron chi connectivity index (χ2n) is 19.6. The van der Waals surface area contributed by atoms with Crippen molar-refractivity contribution in [2.24, 2.45) is 5.41 Å². The van der Waals surface area contributed by atoms with Crippen molar-refractivity contribution in [2.45, 2.75) is 108 Å². The fourth-order valence-electron chi connectivity index (χ4n) is 11.1. The van der Waals surface area contributed by atoms with E-state index in [2.05, 4.69) is 62.9 Å². The lowest BCUT2D eigenvalue weighted by Crippen LogP contribution is -2.55. The number of amides is 1. The number of piperidine rings is 1. The zero-order valence-corrected chi connectivity index (χ0v) is 39.4. The summed E-state index contributed by atoms with van der Waals surface area (Å²) in [6, 6.07) is 21.3. The van der Waals surface area contributed by atoms with Crippen LogP contribution in [0.5, 0.6) is 11.6 Å². The molecule has 0 bridgehead atoms. The average molecular weight is 933 g/mol. The van der Waals surface area contributed by atoms with Gasteiger partial charge in [0, 0.05) is 61.1 Å². The van der Waals surface area contributed by atoms with E-state index in [1.807, 2.05) is 43.0 Å². The van der Waals surface area contributed by atoms with Crippen molar-refractivity contribution in [2.75, 3.05) is 61.1 Å². The van der Waals surface area contributed by atoms with Gasteiger partial charge in [-0.05, 0) is 118 Å². The van der Waals surface area contributed by atoms with Gasteiger partial charge in [0.25, 0.3) is 21.6 Å². The number of nitro benzene ring substituents is 1. The fourth-order valence-corrected chi connectivity index (χ4v) is 12.1. The normalized spacial score (nSPS) is 20.7. The largest absolute Gasteiger partial charge is 0.489 e. The van der Waals surface area contributed by atoms with Crippen LogP contribution in [0.25, 0.3) is 11.0 Å². The van der Waals surface area contributed by atoms with E-state index in [0.717, 1.165) is 49.6 Å². The van der Waals surface area contributed by atoms with Crippen LogP contribution in [0.3, 0.4) is 0 Å². The number of nitrogens with zero attached hydrogens (tertiary/aromatic N) is 5. The Morgan fingerprint density at radius 1 is 0.985 bits per heavy atom. The quantitative estimate of drug-likeness (QED) is 0.0797. The lowest BCUT2D eigenvalue weighted by atomic mass is 9.59. The molecule has 5 aromatic rings. The molecule has 5 aliphatic rings. The molecule has 1 saturated carbocycles. The van der Waals surface area contributed by atoms with Crippen LogP contribution in [0.4, 0.5) is 28.4 Å². The molecule has 16 nitrogen and oxygen atoms in total. The molecule has 1 aliphatic carbocycles. The summed E-state index contributed by atoms with van der Waals surface area (Å²) in [5, 5.41) is 16.3. The second-order valence-corrected chi connectivity index (χ2v) is 21.2. The lowest BCUT2D eigenvalue weighted by molar-refractivity contribution is -0.384. The molecule has 2 atom stereocenters. The Kier molecular flexibility index (Phi) is 12.0. The number of likely N-dealkylation sites (tertiary alicyclic amines) is 1. The number of aromatic amines is 1. The summed E-state index contributed by atoms with van der Waals surface area (Å²) in [4.78, 5) is 40.7. The first-order valence-corrected chi connectivity index (χ1v) is 25.3. The monoisotopic (exact) mass is 932 g/mol. The zero-order valence-electron chi connectivity index (χ0n) is 38.6. The van der Waals surface area contributed by atoms with Crippen molar-refractivity contribution in [3.8, 4) is 11.6 Å². The van der Waals surface area contributed by atoms with E-state index >= 15 is 0 Å². The number of ether oxygens (including phenoxy) is 3. The number of aromatic nitrogens is 2. The van der Waals surface area contributed by atoms with Crippen molar-refractivity contribution >= 4 is 55.4 Å². The van der Waals surface area contributed by atoms with Gasteiger partial charge in [0.2, 0.25) is 5.88 Å². The molecule has 2 aromatic heterocycles. The zero-order chi connectivity index (χ0) is 46.6. The predicted octanol–water partition coefficient (Wildman–Crippen LogP) is 8.82. The van der Waals surface area contributed by atoms with Gasteiger partial charge in [-0.15, -0.1) is 0 Å². The third-order valence-electron chi connectivity index (χ3n) is 14.5. The van der Waals surface area contributed by atoms with Crippen molar-refractivity contribution in [3.63, 3.8) is 0 Å². The SMILES string of the molecule is CC(C)OC[C@H]1COc2cc(S(=O)(=O)NC(=O)c3ccc(N4CCC5(CC4)CC(N4CCC[C@H]4c4ccccc4C(C)C)C5)cc3N3CCCOc4nc5[nH]ccc5cc43)cc([N+](=O)[O-])c2N1. The number of sulfonamides is 1. The van der Waals surface area contributed by atoms with Gasteiger partial charge in [-0.25, -0.2) is 13.1 Å². The smallest absolute Gasteiger partial charge is 0.297 e. The van der Waals surface area contributed by atoms with E-state index in [4.69, 9.17) is 19.2 Å². The van der Waals surface area contributed by atoms with Crippen LogP contribution in [-0.2, 0) is 14.8 Å². The molecule has 1 spiro atoms. The minimum Gasteiger partial charge on any atom is -0.489 e. The molecule has 6 heterocycles. The fraction of sp³-hybridized carbons (Fsp3) is 0.480. The molecule has 0 unspecified atom stereocenters. The number of hydrogen-bond donors (Lipinski definition) is 3. The summed E-state index contributed by atoms with van der Waals surface area (Å²) in [7, 11) is -4.66. The van der Waals surface area contributed by atoms with Crippen LogP contribution in [0.15, 0.2) is 77.8 Å². The average Bonchev–Trinajstić information content (AvgIpc) is 3.94. The van der Waals surface area contributed by atoms with E-state index < -0.39 is 37.5 Å². The van der Waals surface area contributed by atoms with E-state index in [-0.39, 0.29) is 36.3 Å². The standard InChI is InChI=1S/C50H60N8O8S/c1-31(2)38-9-5-6-10-39(38)41-11-7-18-56(41)36-27-50(28-36)15-20-55(21-16-50)35-12-13-40(42(24-35)57-19-8-22-64-49-44(57)23-33-14-17-51-47(33)53-49)48(59)54-67(62,63)37-25-43(58(60)61)46-45(26-37)66-30-34(52-46)29-65-32(3)4/h5-6,9-10,12-14,17,23-26,31-32,34,36,41,52H,7-8,11,15-16,18-22,27-30H2,1-4H3,(H,51,53)(H,54,59)/t34-,41-/m0/s1. The molecule has 17 heteroatoms. The molecule has 2 saturated heterocycles. The van der Waals surface area contributed by atoms with E-state index in [1.54, 1.807) is 12.3 Å². The number of carbonyl (C=O) groups excluding carboxylic acids is 1. The summed E-state index contributed by atoms with van der Waals surface area (Å²) in [5.74, 6) is -0.00215. The Morgan fingerprint density at radius 2 is 1.79 bits per heavy atom. The highest BCUT2D eigenvalue weighted by molar-refractivity contribution is 7.90. The van der Waals surface area contributed by atoms with Crippen LogP contribution in [-0.4, -0.2) is 98.3 Å². The molecule has 67 heavy (non-hydrogen) atoms. The van der Waals surface area contributed by atoms with E-state index in [1.165, 1.54) is 42.9 Å². The lowest BCUT2D eigenvalue weighted by Gasteiger charge is -2.56. The van der Waals surface area contributed by atoms with E-state index in [9.17, 15) is 23.3 Å². The third kappa shape index (κ3) is 8.77. The number of nitrogens with one attached hydrogen (secondary N) is 3. The van der Waals surface area contributed by atoms with Crippen molar-refractivity contribution in [3.05, 3.63) is 99.7 Å². The van der Waals surface area contributed by atoms with Gasteiger partial charge in [-0.1, -0.05) is 38.1 Å². The highest BCUT2D eigenvalue weighted by Crippen LogP contribution is 2.54. The van der Waals surface area contributed by atoms with E-state index in [0.29, 0.717) is 65.9 Å². The van der Waals surface area contributed by atoms with Crippen LogP contribution < -0.4 is 29.3 Å². The Bertz CT molecular complexity index is 2800. The van der Waals surface area contributed by atoms with Crippen LogP contribution in [0.1, 0.15) is 106 Å². The second kappa shape index (κ2) is 18.0. The first-order valence-electron chi connectivity index (χ1n) is 23.8. The van der Waals surface area contributed by atoms with Gasteiger partial charge in [0.15, 0.2) is 11.4 Å². The third-order valence-corrected chi connectivity index (χ3v) is 15.8. The molecular formula is C50H60N8O8S. The number of nitro groups is 1. The number of carbonyl (C=O) groups is 1.